The number of unbranched alkanes of at least 4 members (excludes halogenated alkanes) is 16. The molecule has 0 spiro atoms. The first-order valence-corrected chi connectivity index (χ1v) is 21.8. The summed E-state index contributed by atoms with van der Waals surface area (Å²) in [6.07, 6.45) is 22.1. The van der Waals surface area contributed by atoms with Crippen LogP contribution in [0.2, 0.25) is 0 Å². The van der Waals surface area contributed by atoms with Gasteiger partial charge < -0.3 is 14.4 Å². The molecule has 0 saturated carbocycles. The highest BCUT2D eigenvalue weighted by molar-refractivity contribution is 7.99. The quantitative estimate of drug-likeness (QED) is 0.0278. The van der Waals surface area contributed by atoms with Crippen LogP contribution >= 0.6 is 19.6 Å². The molecular weight excluding hydrogens is 681 g/mol. The van der Waals surface area contributed by atoms with Crippen molar-refractivity contribution in [2.75, 3.05) is 31.3 Å². The Morgan fingerprint density at radius 2 is 1.56 bits per heavy atom. The van der Waals surface area contributed by atoms with E-state index in [1.165, 1.54) is 107 Å². The summed E-state index contributed by atoms with van der Waals surface area (Å²) < 4.78 is 37.0. The third-order valence-electron chi connectivity index (χ3n) is 9.07. The van der Waals surface area contributed by atoms with E-state index in [1.807, 2.05) is 5.22 Å². The van der Waals surface area contributed by atoms with Crippen LogP contribution in [0.3, 0.4) is 0 Å². The number of phosphoric acid groups is 1. The van der Waals surface area contributed by atoms with Gasteiger partial charge in [0.1, 0.15) is 6.23 Å². The number of ether oxygens (including phenoxy) is 2. The van der Waals surface area contributed by atoms with Crippen LogP contribution in [0.15, 0.2) is 15.8 Å². The summed E-state index contributed by atoms with van der Waals surface area (Å²) in [5.74, 6) is 1.66. The maximum absolute atomic E-state index is 12.9. The largest absolute Gasteiger partial charge is 0.472 e. The van der Waals surface area contributed by atoms with Crippen molar-refractivity contribution < 1.29 is 33.2 Å². The second kappa shape index (κ2) is 27.1. The Kier molecular flexibility index (Phi) is 24.2. The summed E-state index contributed by atoms with van der Waals surface area (Å²) >= 11 is 1.78. The van der Waals surface area contributed by atoms with Gasteiger partial charge in [0, 0.05) is 36.6 Å². The molecule has 290 valence electrons. The number of aromatic nitrogens is 2. The lowest BCUT2D eigenvalue weighted by Gasteiger charge is -2.22. The van der Waals surface area contributed by atoms with Crippen molar-refractivity contribution in [1.82, 2.24) is 15.0 Å². The van der Waals surface area contributed by atoms with Crippen molar-refractivity contribution in [1.29, 1.82) is 0 Å². The summed E-state index contributed by atoms with van der Waals surface area (Å²) in [7, 11) is -4.49. The molecule has 1 saturated heterocycles. The molecule has 2 heterocycles. The van der Waals surface area contributed by atoms with E-state index < -0.39 is 37.4 Å². The van der Waals surface area contributed by atoms with Gasteiger partial charge in [0.25, 0.3) is 5.56 Å². The number of nitrogens with zero attached hydrogens (tertiary/aromatic N) is 2. The molecule has 4 N–H and O–H groups in total. The number of hydrogen-bond acceptors (Lipinski definition) is 8. The minimum absolute atomic E-state index is 0.0874. The van der Waals surface area contributed by atoms with Crippen molar-refractivity contribution in [2.24, 2.45) is 0 Å². The molecular formula is C35H66N5O8PS. The van der Waals surface area contributed by atoms with E-state index in [2.05, 4.69) is 24.3 Å². The van der Waals surface area contributed by atoms with Crippen LogP contribution in [-0.2, 0) is 23.1 Å². The number of H-pyrrole nitrogens is 1. The number of phosphoric ester groups is 1. The first-order valence-electron chi connectivity index (χ1n) is 19.1. The number of aryl methyl sites for hydroxylation is 1. The van der Waals surface area contributed by atoms with Gasteiger partial charge in [-0.1, -0.05) is 117 Å². The summed E-state index contributed by atoms with van der Waals surface area (Å²) in [6, 6.07) is -0.589. The lowest BCUT2D eigenvalue weighted by Crippen LogP contribution is -2.79. The van der Waals surface area contributed by atoms with E-state index in [-0.39, 0.29) is 25.7 Å². The smallest absolute Gasteiger partial charge is 0.375 e. The molecule has 1 aliphatic rings. The SMILES string of the molecule is CCCCCCCCCCCCSCC(COP(=O)(O)OC[C@H]1O[C@@H](n2cc(C)c(=O)[nH]c2=O)C[C@@H]1N[NH+]=[N-])OCCCCCCCCCC. The number of nitrogens with one attached hydrogen (secondary N) is 3. The third-order valence-corrected chi connectivity index (χ3v) is 11.2. The Labute approximate surface area is 303 Å². The first-order chi connectivity index (χ1) is 24.2. The Bertz CT molecular complexity index is 1200. The molecule has 50 heavy (non-hydrogen) atoms. The molecule has 0 aliphatic carbocycles. The van der Waals surface area contributed by atoms with E-state index in [4.69, 9.17) is 18.5 Å². The van der Waals surface area contributed by atoms with Crippen LogP contribution in [0.4, 0.5) is 0 Å². The highest BCUT2D eigenvalue weighted by atomic mass is 32.2. The summed E-state index contributed by atoms with van der Waals surface area (Å²) in [5, 5.41) is 1.86. The van der Waals surface area contributed by atoms with Crippen molar-refractivity contribution in [3.05, 3.63) is 38.1 Å². The molecule has 0 radical (unpaired) electrons. The van der Waals surface area contributed by atoms with Crippen LogP contribution in [0.5, 0.6) is 0 Å². The molecule has 1 aromatic heterocycles. The maximum atomic E-state index is 12.9. The van der Waals surface area contributed by atoms with Gasteiger partial charge in [0.05, 0.1) is 25.4 Å². The van der Waals surface area contributed by atoms with Crippen LogP contribution in [0.1, 0.15) is 148 Å². The van der Waals surface area contributed by atoms with Gasteiger partial charge in [0.15, 0.2) is 0 Å². The third kappa shape index (κ3) is 19.3. The van der Waals surface area contributed by atoms with Gasteiger partial charge in [-0.2, -0.15) is 22.5 Å². The van der Waals surface area contributed by atoms with Crippen LogP contribution < -0.4 is 21.9 Å². The molecule has 5 atom stereocenters. The molecule has 0 aromatic carbocycles. The van der Waals surface area contributed by atoms with E-state index in [0.29, 0.717) is 17.9 Å². The normalized spacial score (nSPS) is 19.4. The van der Waals surface area contributed by atoms with E-state index in [0.717, 1.165) is 25.0 Å². The van der Waals surface area contributed by atoms with Crippen molar-refractivity contribution in [3.8, 4) is 0 Å². The molecule has 2 rings (SSSR count). The fourth-order valence-corrected chi connectivity index (χ4v) is 7.80. The number of hydrogen-bond donors (Lipinski definition) is 4. The zero-order valence-corrected chi connectivity index (χ0v) is 32.6. The lowest BCUT2D eigenvalue weighted by atomic mass is 10.1. The molecule has 0 amide bonds. The van der Waals surface area contributed by atoms with E-state index >= 15 is 0 Å². The van der Waals surface area contributed by atoms with Crippen molar-refractivity contribution >= 4 is 19.6 Å². The van der Waals surface area contributed by atoms with Crippen LogP contribution in [-0.4, -0.2) is 64.0 Å². The highest BCUT2D eigenvalue weighted by Gasteiger charge is 2.38. The second-order valence-corrected chi connectivity index (χ2v) is 16.1. The number of rotatable bonds is 32. The average Bonchev–Trinajstić information content (AvgIpc) is 3.49. The maximum Gasteiger partial charge on any atom is 0.472 e. The van der Waals surface area contributed by atoms with E-state index in [1.54, 1.807) is 18.7 Å². The van der Waals surface area contributed by atoms with Crippen LogP contribution in [0, 0.1) is 6.92 Å². The molecule has 1 aromatic rings. The molecule has 1 aliphatic heterocycles. The van der Waals surface area contributed by atoms with Crippen LogP contribution in [0.25, 0.3) is 5.53 Å². The Morgan fingerprint density at radius 3 is 2.16 bits per heavy atom. The Hall–Kier alpha value is -1.54. The average molecular weight is 748 g/mol. The molecule has 15 heteroatoms. The molecule has 2 unspecified atom stereocenters. The molecule has 0 bridgehead atoms. The predicted octanol–water partition coefficient (Wildman–Crippen LogP) is 6.42. The predicted molar refractivity (Wildman–Crippen MR) is 199 cm³/mol. The van der Waals surface area contributed by atoms with Gasteiger partial charge in [-0.25, -0.2) is 9.36 Å². The summed E-state index contributed by atoms with van der Waals surface area (Å²) in [5.41, 5.74) is 11.0. The Balaban J connectivity index is 1.81. The fourth-order valence-electron chi connectivity index (χ4n) is 6.01. The minimum atomic E-state index is -4.49. The highest BCUT2D eigenvalue weighted by Crippen LogP contribution is 2.44. The zero-order chi connectivity index (χ0) is 36.5. The minimum Gasteiger partial charge on any atom is -0.375 e. The molecule has 13 nitrogen and oxygen atoms in total. The summed E-state index contributed by atoms with van der Waals surface area (Å²) in [6.45, 7) is 6.17. The topological polar surface area (TPSA) is 177 Å². The summed E-state index contributed by atoms with van der Waals surface area (Å²) in [4.78, 5) is 37.0. The molecule has 1 fully saturated rings. The number of thioether (sulfide) groups is 1. The first kappa shape index (κ1) is 44.6. The number of hydrazine groups is 1. The Morgan fingerprint density at radius 1 is 0.980 bits per heavy atom. The van der Waals surface area contributed by atoms with E-state index in [9.17, 15) is 24.6 Å². The monoisotopic (exact) mass is 747 g/mol. The van der Waals surface area contributed by atoms with Gasteiger partial charge >= 0.3 is 13.5 Å². The van der Waals surface area contributed by atoms with Gasteiger partial charge in [0.2, 0.25) is 0 Å². The van der Waals surface area contributed by atoms with Crippen molar-refractivity contribution in [2.45, 2.75) is 167 Å². The van der Waals surface area contributed by atoms with Gasteiger partial charge in [-0.3, -0.25) is 28.8 Å². The van der Waals surface area contributed by atoms with Crippen molar-refractivity contribution in [3.63, 3.8) is 0 Å². The lowest BCUT2D eigenvalue weighted by molar-refractivity contribution is -0.556. The standard InChI is InChI=1S/C35H66N5O8PS/c1-4-6-8-10-12-14-15-17-19-21-23-50-28-30(45-22-20-18-16-13-11-9-7-5-2)26-46-49(43,44)47-27-32-31(38-39-36)24-33(48-32)40-25-29(3)34(41)37-35(40)42/h25,30-33,39H,4-24,26-28H2,1-3H3,(H3-,36,37,38,41,42,43,44)/t30?,31-,32+,33+/m0/s1. The van der Waals surface area contributed by atoms with Gasteiger partial charge in [-0.15, -0.1) is 0 Å². The fraction of sp³-hybridized carbons (Fsp3) is 0.886. The number of aromatic amines is 1. The van der Waals surface area contributed by atoms with Gasteiger partial charge in [-0.05, 0) is 25.5 Å². The second-order valence-electron chi connectivity index (χ2n) is 13.5. The zero-order valence-electron chi connectivity index (χ0n) is 30.9.